The van der Waals surface area contributed by atoms with Gasteiger partial charge in [0.1, 0.15) is 12.4 Å². The summed E-state index contributed by atoms with van der Waals surface area (Å²) in [7, 11) is 0. The van der Waals surface area contributed by atoms with E-state index in [-0.39, 0.29) is 18.2 Å². The maximum Gasteiger partial charge on any atom is 0.163 e. The van der Waals surface area contributed by atoms with E-state index < -0.39 is 0 Å². The minimum atomic E-state index is 0. The SMILES string of the molecule is CC(=O)c1ccccc1OCCN1CCC(NCC2CC2)CC1.Cl. The molecule has 4 nitrogen and oxygen atoms in total. The van der Waals surface area contributed by atoms with Gasteiger partial charge in [-0.3, -0.25) is 9.69 Å². The van der Waals surface area contributed by atoms with E-state index in [0.717, 1.165) is 25.6 Å². The average molecular weight is 353 g/mol. The maximum atomic E-state index is 11.6. The molecule has 1 saturated heterocycles. The second kappa shape index (κ2) is 9.40. The van der Waals surface area contributed by atoms with Crippen LogP contribution < -0.4 is 10.1 Å². The molecule has 0 atom stereocenters. The Bertz CT molecular complexity index is 526. The van der Waals surface area contributed by atoms with Crippen LogP contribution in [0.5, 0.6) is 5.75 Å². The number of nitrogens with zero attached hydrogens (tertiary/aromatic N) is 1. The zero-order valence-electron chi connectivity index (χ0n) is 14.5. The summed E-state index contributed by atoms with van der Waals surface area (Å²) in [6, 6.07) is 8.20. The Hall–Kier alpha value is -1.10. The van der Waals surface area contributed by atoms with Crippen LogP contribution in [0.3, 0.4) is 0 Å². The number of hydrogen-bond acceptors (Lipinski definition) is 4. The number of likely N-dealkylation sites (tertiary alicyclic amines) is 1. The van der Waals surface area contributed by atoms with Crippen molar-refractivity contribution in [3.8, 4) is 5.75 Å². The monoisotopic (exact) mass is 352 g/mol. The molecule has 1 N–H and O–H groups in total. The van der Waals surface area contributed by atoms with Crippen molar-refractivity contribution in [2.24, 2.45) is 5.92 Å². The molecule has 0 radical (unpaired) electrons. The molecular weight excluding hydrogens is 324 g/mol. The van der Waals surface area contributed by atoms with E-state index >= 15 is 0 Å². The van der Waals surface area contributed by atoms with Crippen LogP contribution in [0.2, 0.25) is 0 Å². The summed E-state index contributed by atoms with van der Waals surface area (Å²) in [4.78, 5) is 14.0. The van der Waals surface area contributed by atoms with Crippen molar-refractivity contribution in [2.45, 2.75) is 38.6 Å². The fourth-order valence-electron chi connectivity index (χ4n) is 3.18. The van der Waals surface area contributed by atoms with Gasteiger partial charge in [-0.2, -0.15) is 0 Å². The van der Waals surface area contributed by atoms with Crippen LogP contribution >= 0.6 is 12.4 Å². The van der Waals surface area contributed by atoms with E-state index in [9.17, 15) is 4.79 Å². The standard InChI is InChI=1S/C19H28N2O2.ClH/c1-15(22)18-4-2-3-5-19(18)23-13-12-21-10-8-17(9-11-21)20-14-16-6-7-16;/h2-5,16-17,20H,6-14H2,1H3;1H. The fourth-order valence-corrected chi connectivity index (χ4v) is 3.18. The molecule has 5 heteroatoms. The molecule has 0 unspecified atom stereocenters. The first kappa shape index (κ1) is 19.2. The van der Waals surface area contributed by atoms with Crippen LogP contribution in [0.4, 0.5) is 0 Å². The number of halogens is 1. The van der Waals surface area contributed by atoms with Crippen molar-refractivity contribution < 1.29 is 9.53 Å². The van der Waals surface area contributed by atoms with Gasteiger partial charge < -0.3 is 10.1 Å². The molecule has 2 fully saturated rings. The number of Topliss-reactive ketones (excluding diaryl/α,β-unsaturated/α-hetero) is 1. The quantitative estimate of drug-likeness (QED) is 0.730. The summed E-state index contributed by atoms with van der Waals surface area (Å²) in [6.45, 7) is 6.66. The van der Waals surface area contributed by atoms with Crippen molar-refractivity contribution >= 4 is 18.2 Å². The fraction of sp³-hybridized carbons (Fsp3) is 0.632. The molecule has 2 aliphatic rings. The third-order valence-electron chi connectivity index (χ3n) is 4.91. The van der Waals surface area contributed by atoms with Crippen molar-refractivity contribution in [3.63, 3.8) is 0 Å². The van der Waals surface area contributed by atoms with Gasteiger partial charge in [0.25, 0.3) is 0 Å². The Morgan fingerprint density at radius 2 is 1.92 bits per heavy atom. The van der Waals surface area contributed by atoms with Gasteiger partial charge in [0.15, 0.2) is 5.78 Å². The summed E-state index contributed by atoms with van der Waals surface area (Å²) in [6.07, 6.45) is 5.31. The summed E-state index contributed by atoms with van der Waals surface area (Å²) in [5.74, 6) is 1.73. The number of ketones is 1. The van der Waals surface area contributed by atoms with Gasteiger partial charge in [0.05, 0.1) is 5.56 Å². The number of ether oxygens (including phenoxy) is 1. The summed E-state index contributed by atoms with van der Waals surface area (Å²) >= 11 is 0. The van der Waals surface area contributed by atoms with E-state index in [4.69, 9.17) is 4.74 Å². The molecule has 3 rings (SSSR count). The molecule has 24 heavy (non-hydrogen) atoms. The Labute approximate surface area is 151 Å². The second-order valence-corrected chi connectivity index (χ2v) is 6.87. The van der Waals surface area contributed by atoms with Crippen LogP contribution in [-0.4, -0.2) is 49.5 Å². The second-order valence-electron chi connectivity index (χ2n) is 6.87. The van der Waals surface area contributed by atoms with Crippen molar-refractivity contribution in [1.29, 1.82) is 0 Å². The highest BCUT2D eigenvalue weighted by atomic mass is 35.5. The average Bonchev–Trinajstić information content (AvgIpc) is 3.39. The van der Waals surface area contributed by atoms with Crippen LogP contribution in [0, 0.1) is 5.92 Å². The number of para-hydroxylation sites is 1. The normalized spacial score (nSPS) is 18.9. The highest BCUT2D eigenvalue weighted by Crippen LogP contribution is 2.28. The number of nitrogens with one attached hydrogen (secondary N) is 1. The third kappa shape index (κ3) is 5.76. The van der Waals surface area contributed by atoms with E-state index in [1.54, 1.807) is 6.92 Å². The van der Waals surface area contributed by atoms with Gasteiger partial charge in [-0.15, -0.1) is 12.4 Å². The zero-order chi connectivity index (χ0) is 16.1. The van der Waals surface area contributed by atoms with Crippen LogP contribution in [-0.2, 0) is 0 Å². The van der Waals surface area contributed by atoms with Gasteiger partial charge in [0, 0.05) is 12.6 Å². The zero-order valence-corrected chi connectivity index (χ0v) is 15.3. The molecule has 0 amide bonds. The predicted molar refractivity (Wildman–Crippen MR) is 99.4 cm³/mol. The predicted octanol–water partition coefficient (Wildman–Crippen LogP) is 3.15. The third-order valence-corrected chi connectivity index (χ3v) is 4.91. The first-order chi connectivity index (χ1) is 11.2. The van der Waals surface area contributed by atoms with Gasteiger partial charge in [0.2, 0.25) is 0 Å². The van der Waals surface area contributed by atoms with Gasteiger partial charge in [-0.25, -0.2) is 0 Å². The highest BCUT2D eigenvalue weighted by molar-refractivity contribution is 5.96. The van der Waals surface area contributed by atoms with Crippen molar-refractivity contribution in [3.05, 3.63) is 29.8 Å². The molecule has 134 valence electrons. The molecule has 0 bridgehead atoms. The number of benzene rings is 1. The highest BCUT2D eigenvalue weighted by Gasteiger charge is 2.24. The smallest absolute Gasteiger partial charge is 0.163 e. The lowest BCUT2D eigenvalue weighted by atomic mass is 10.0. The first-order valence-electron chi connectivity index (χ1n) is 8.91. The lowest BCUT2D eigenvalue weighted by Gasteiger charge is -2.32. The molecule has 1 aromatic carbocycles. The Morgan fingerprint density at radius 1 is 1.21 bits per heavy atom. The van der Waals surface area contributed by atoms with Crippen molar-refractivity contribution in [2.75, 3.05) is 32.8 Å². The van der Waals surface area contributed by atoms with Crippen LogP contribution in [0.25, 0.3) is 0 Å². The molecule has 0 spiro atoms. The maximum absolute atomic E-state index is 11.6. The molecule has 0 aromatic heterocycles. The number of carbonyl (C=O) groups excluding carboxylic acids is 1. The minimum Gasteiger partial charge on any atom is -0.491 e. The minimum absolute atomic E-state index is 0. The Kier molecular flexibility index (Phi) is 7.53. The van der Waals surface area contributed by atoms with E-state index in [2.05, 4.69) is 10.2 Å². The molecule has 1 aliphatic heterocycles. The number of rotatable bonds is 8. The van der Waals surface area contributed by atoms with Crippen molar-refractivity contribution in [1.82, 2.24) is 10.2 Å². The molecule has 1 heterocycles. The first-order valence-corrected chi connectivity index (χ1v) is 8.91. The topological polar surface area (TPSA) is 41.6 Å². The van der Waals surface area contributed by atoms with Gasteiger partial charge >= 0.3 is 0 Å². The lowest BCUT2D eigenvalue weighted by Crippen LogP contribution is -2.44. The number of piperidine rings is 1. The van der Waals surface area contributed by atoms with Gasteiger partial charge in [-0.1, -0.05) is 12.1 Å². The van der Waals surface area contributed by atoms with E-state index in [0.29, 0.717) is 24.0 Å². The van der Waals surface area contributed by atoms with Gasteiger partial charge in [-0.05, 0) is 70.3 Å². The summed E-state index contributed by atoms with van der Waals surface area (Å²) < 4.78 is 5.84. The summed E-state index contributed by atoms with van der Waals surface area (Å²) in [5.41, 5.74) is 0.676. The van der Waals surface area contributed by atoms with E-state index in [1.165, 1.54) is 32.2 Å². The lowest BCUT2D eigenvalue weighted by molar-refractivity contribution is 0.101. The Balaban J connectivity index is 0.00000208. The summed E-state index contributed by atoms with van der Waals surface area (Å²) in [5, 5.41) is 3.71. The number of hydrogen-bond donors (Lipinski definition) is 1. The molecule has 1 aliphatic carbocycles. The molecule has 1 saturated carbocycles. The molecular formula is C19H29ClN2O2. The molecule has 1 aromatic rings. The van der Waals surface area contributed by atoms with E-state index in [1.807, 2.05) is 24.3 Å². The number of carbonyl (C=O) groups is 1. The largest absolute Gasteiger partial charge is 0.491 e. The Morgan fingerprint density at radius 3 is 2.58 bits per heavy atom. The van der Waals surface area contributed by atoms with Crippen LogP contribution in [0.15, 0.2) is 24.3 Å². The van der Waals surface area contributed by atoms with Crippen LogP contribution in [0.1, 0.15) is 43.0 Å².